The molecule has 0 bridgehead atoms. The van der Waals surface area contributed by atoms with Crippen molar-refractivity contribution < 1.29 is 19.1 Å². The lowest BCUT2D eigenvalue weighted by Gasteiger charge is -1.98. The molecule has 0 radical (unpaired) electrons. The largest absolute Gasteiger partial charge is 0.387 e. The summed E-state index contributed by atoms with van der Waals surface area (Å²) >= 11 is 0. The highest BCUT2D eigenvalue weighted by molar-refractivity contribution is 6.35. The topological polar surface area (TPSA) is 60.4 Å². The Morgan fingerprint density at radius 2 is 1.71 bits per heavy atom. The summed E-state index contributed by atoms with van der Waals surface area (Å²) in [6.45, 7) is 3.09. The third kappa shape index (κ3) is 7.96. The maximum absolute atomic E-state index is 10.9. The number of unbranched alkanes of at least 4 members (excludes halogenated alkanes) is 2. The van der Waals surface area contributed by atoms with Crippen LogP contribution in [0.4, 0.5) is 0 Å². The Hall–Kier alpha value is -0.658. The molecule has 0 aromatic heterocycles. The molecule has 0 aromatic carbocycles. The fourth-order valence-electron chi connectivity index (χ4n) is 0.825. The van der Waals surface area contributed by atoms with Crippen molar-refractivity contribution in [3.05, 3.63) is 0 Å². The van der Waals surface area contributed by atoms with Crippen LogP contribution in [0.2, 0.25) is 0 Å². The van der Waals surface area contributed by atoms with Gasteiger partial charge >= 0.3 is 11.9 Å². The molecular formula is C9H17AlO4. The zero-order valence-electron chi connectivity index (χ0n) is 7.96. The third-order valence-corrected chi connectivity index (χ3v) is 1.47. The van der Waals surface area contributed by atoms with Gasteiger partial charge in [0.15, 0.2) is 17.4 Å². The van der Waals surface area contributed by atoms with Gasteiger partial charge in [-0.05, 0) is 6.42 Å². The minimum atomic E-state index is -1.04. The lowest BCUT2D eigenvalue weighted by atomic mass is 10.1. The van der Waals surface area contributed by atoms with Gasteiger partial charge in [0.1, 0.15) is 0 Å². The predicted octanol–water partition coefficient (Wildman–Crippen LogP) is 0.0416. The Balaban J connectivity index is 0. The second-order valence-electron chi connectivity index (χ2n) is 2.76. The van der Waals surface area contributed by atoms with Crippen molar-refractivity contribution in [1.82, 2.24) is 0 Å². The van der Waals surface area contributed by atoms with Gasteiger partial charge in [0, 0.05) is 13.3 Å². The van der Waals surface area contributed by atoms with Crippen LogP contribution in [0.15, 0.2) is 0 Å². The van der Waals surface area contributed by atoms with Crippen LogP contribution in [-0.2, 0) is 19.1 Å². The average Bonchev–Trinajstić information content (AvgIpc) is 2.03. The highest BCUT2D eigenvalue weighted by atomic mass is 27.0. The molecule has 4 nitrogen and oxygen atoms in total. The summed E-state index contributed by atoms with van der Waals surface area (Å²) in [6, 6.07) is 0. The average molecular weight is 216 g/mol. The second kappa shape index (κ2) is 8.92. The van der Waals surface area contributed by atoms with Crippen molar-refractivity contribution in [3.63, 3.8) is 0 Å². The molecule has 0 aliphatic heterocycles. The molecule has 0 atom stereocenters. The standard InChI is InChI=1S/C9H14O4.Al.3H/c1-3-4-5-6-8(11)9(12)13-7(2)10;;;;/h3-6H2,1-2H3;;;;. The van der Waals surface area contributed by atoms with E-state index in [0.29, 0.717) is 6.42 Å². The van der Waals surface area contributed by atoms with E-state index >= 15 is 0 Å². The van der Waals surface area contributed by atoms with Crippen LogP contribution in [0.25, 0.3) is 0 Å². The molecule has 0 amide bonds. The molecule has 5 heteroatoms. The third-order valence-electron chi connectivity index (χ3n) is 1.47. The fourth-order valence-corrected chi connectivity index (χ4v) is 0.825. The normalized spacial score (nSPS) is 8.71. The van der Waals surface area contributed by atoms with Crippen LogP contribution in [0.3, 0.4) is 0 Å². The molecule has 0 saturated heterocycles. The molecule has 0 saturated carbocycles. The van der Waals surface area contributed by atoms with Crippen LogP contribution in [-0.4, -0.2) is 35.1 Å². The Bertz CT molecular complexity index is 213. The minimum Gasteiger partial charge on any atom is -0.387 e. The van der Waals surface area contributed by atoms with Crippen molar-refractivity contribution >= 4 is 35.1 Å². The first-order valence-corrected chi connectivity index (χ1v) is 4.33. The van der Waals surface area contributed by atoms with Crippen molar-refractivity contribution in [1.29, 1.82) is 0 Å². The number of hydrogen-bond acceptors (Lipinski definition) is 4. The van der Waals surface area contributed by atoms with Gasteiger partial charge in [0.25, 0.3) is 0 Å². The highest BCUT2D eigenvalue weighted by Crippen LogP contribution is 2.00. The number of rotatable bonds is 5. The smallest absolute Gasteiger partial charge is 0.382 e. The van der Waals surface area contributed by atoms with Gasteiger partial charge in [-0.2, -0.15) is 0 Å². The molecule has 0 spiro atoms. The number of ketones is 1. The van der Waals surface area contributed by atoms with E-state index in [1.54, 1.807) is 0 Å². The van der Waals surface area contributed by atoms with E-state index in [9.17, 15) is 14.4 Å². The fraction of sp³-hybridized carbons (Fsp3) is 0.667. The van der Waals surface area contributed by atoms with Gasteiger partial charge in [-0.1, -0.05) is 19.8 Å². The van der Waals surface area contributed by atoms with E-state index in [1.807, 2.05) is 6.92 Å². The molecule has 0 aliphatic carbocycles. The number of hydrogen-bond donors (Lipinski definition) is 0. The molecule has 0 heterocycles. The monoisotopic (exact) mass is 216 g/mol. The van der Waals surface area contributed by atoms with E-state index in [2.05, 4.69) is 4.74 Å². The SMILES string of the molecule is CCCCCC(=O)C(=O)OC(C)=O.[AlH3]. The van der Waals surface area contributed by atoms with E-state index in [0.717, 1.165) is 19.8 Å². The van der Waals surface area contributed by atoms with Crippen molar-refractivity contribution in [3.8, 4) is 0 Å². The zero-order chi connectivity index (χ0) is 10.3. The van der Waals surface area contributed by atoms with Gasteiger partial charge in [-0.25, -0.2) is 4.79 Å². The molecule has 0 aromatic rings. The molecule has 14 heavy (non-hydrogen) atoms. The summed E-state index contributed by atoms with van der Waals surface area (Å²) < 4.78 is 4.12. The number of Topliss-reactive ketones (excluding diaryl/α,β-unsaturated/α-hetero) is 1. The van der Waals surface area contributed by atoms with Gasteiger partial charge in [-0.15, -0.1) is 0 Å². The predicted molar refractivity (Wildman–Crippen MR) is 55.9 cm³/mol. The van der Waals surface area contributed by atoms with E-state index < -0.39 is 17.7 Å². The summed E-state index contributed by atoms with van der Waals surface area (Å²) in [5.41, 5.74) is 0. The first-order chi connectivity index (χ1) is 6.07. The molecule has 0 N–H and O–H groups in total. The lowest BCUT2D eigenvalue weighted by Crippen LogP contribution is -2.19. The Morgan fingerprint density at radius 1 is 1.14 bits per heavy atom. The lowest BCUT2D eigenvalue weighted by molar-refractivity contribution is -0.163. The summed E-state index contributed by atoms with van der Waals surface area (Å²) in [6.07, 6.45) is 2.72. The summed E-state index contributed by atoms with van der Waals surface area (Å²) in [7, 11) is 0. The Labute approximate surface area is 94.1 Å². The van der Waals surface area contributed by atoms with Gasteiger partial charge < -0.3 is 4.74 Å². The quantitative estimate of drug-likeness (QED) is 0.214. The summed E-state index contributed by atoms with van der Waals surface area (Å²) in [4.78, 5) is 32.0. The van der Waals surface area contributed by atoms with Crippen molar-refractivity contribution in [2.24, 2.45) is 0 Å². The van der Waals surface area contributed by atoms with Gasteiger partial charge in [0.05, 0.1) is 0 Å². The highest BCUT2D eigenvalue weighted by Gasteiger charge is 2.16. The number of carbonyl (C=O) groups is 3. The van der Waals surface area contributed by atoms with Crippen molar-refractivity contribution in [2.45, 2.75) is 39.5 Å². The molecule has 0 rings (SSSR count). The van der Waals surface area contributed by atoms with Crippen LogP contribution < -0.4 is 0 Å². The zero-order valence-corrected chi connectivity index (χ0v) is 7.96. The first-order valence-electron chi connectivity index (χ1n) is 4.33. The van der Waals surface area contributed by atoms with Crippen LogP contribution in [0.5, 0.6) is 0 Å². The Kier molecular flexibility index (Phi) is 10.1. The molecule has 0 fully saturated rings. The summed E-state index contributed by atoms with van der Waals surface area (Å²) in [5, 5.41) is 0. The molecule has 0 aliphatic rings. The van der Waals surface area contributed by atoms with Gasteiger partial charge in [0.2, 0.25) is 5.78 Å². The molecule has 80 valence electrons. The summed E-state index contributed by atoms with van der Waals surface area (Å²) in [5.74, 6) is -2.40. The maximum atomic E-state index is 10.9. The van der Waals surface area contributed by atoms with E-state index in [1.165, 1.54) is 0 Å². The van der Waals surface area contributed by atoms with E-state index in [-0.39, 0.29) is 23.8 Å². The minimum absolute atomic E-state index is 0. The maximum Gasteiger partial charge on any atom is 0.382 e. The van der Waals surface area contributed by atoms with Crippen LogP contribution >= 0.6 is 0 Å². The molecule has 0 unspecified atom stereocenters. The van der Waals surface area contributed by atoms with Crippen molar-refractivity contribution in [2.75, 3.05) is 0 Å². The first kappa shape index (κ1) is 15.8. The Morgan fingerprint density at radius 3 is 2.14 bits per heavy atom. The van der Waals surface area contributed by atoms with Crippen LogP contribution in [0, 0.1) is 0 Å². The number of carbonyl (C=O) groups excluding carboxylic acids is 3. The van der Waals surface area contributed by atoms with Crippen LogP contribution in [0.1, 0.15) is 39.5 Å². The van der Waals surface area contributed by atoms with E-state index in [4.69, 9.17) is 0 Å². The number of ether oxygens (including phenoxy) is 1. The number of esters is 2. The second-order valence-corrected chi connectivity index (χ2v) is 2.76. The molecular weight excluding hydrogens is 199 g/mol. The van der Waals surface area contributed by atoms with Gasteiger partial charge in [-0.3, -0.25) is 9.59 Å².